The van der Waals surface area contributed by atoms with Gasteiger partial charge in [-0.15, -0.1) is 0 Å². The molecule has 0 saturated heterocycles. The minimum atomic E-state index is -0.424. The van der Waals surface area contributed by atoms with E-state index in [-0.39, 0.29) is 30.1 Å². The number of hydrogen-bond donors (Lipinski definition) is 2. The van der Waals surface area contributed by atoms with Crippen LogP contribution in [0.5, 0.6) is 0 Å². The maximum atomic E-state index is 12.4. The van der Waals surface area contributed by atoms with E-state index in [1.54, 1.807) is 12.1 Å². The first kappa shape index (κ1) is 21.0. The summed E-state index contributed by atoms with van der Waals surface area (Å²) in [7, 11) is 0. The van der Waals surface area contributed by atoms with Crippen molar-refractivity contribution >= 4 is 23.2 Å². The summed E-state index contributed by atoms with van der Waals surface area (Å²) < 4.78 is 1.13. The molecule has 154 valence electrons. The highest BCUT2D eigenvalue weighted by Gasteiger charge is 2.11. The molecule has 0 aliphatic rings. The lowest BCUT2D eigenvalue weighted by Crippen LogP contribution is -2.28. The lowest BCUT2D eigenvalue weighted by molar-refractivity contribution is -0.116. The average molecular weight is 404 g/mol. The average Bonchev–Trinajstić information content (AvgIpc) is 2.72. The second kappa shape index (κ2) is 9.17. The number of carbonyl (C=O) groups is 2. The van der Waals surface area contributed by atoms with Crippen LogP contribution in [-0.2, 0) is 11.3 Å². The van der Waals surface area contributed by atoms with Crippen LogP contribution in [0.15, 0.2) is 59.4 Å². The number of aryl methyl sites for hydroxylation is 4. The van der Waals surface area contributed by atoms with Crippen LogP contribution >= 0.6 is 0 Å². The number of nitrogens with one attached hydrogen (secondary N) is 2. The monoisotopic (exact) mass is 404 g/mol. The maximum Gasteiger partial charge on any atom is 0.276 e. The summed E-state index contributed by atoms with van der Waals surface area (Å²) in [5.74, 6) is -0.659. The third-order valence-corrected chi connectivity index (χ3v) is 4.75. The number of carbonyl (C=O) groups excluding carboxylic acids is 2. The van der Waals surface area contributed by atoms with Gasteiger partial charge in [0.25, 0.3) is 11.5 Å². The van der Waals surface area contributed by atoms with Crippen molar-refractivity contribution in [2.24, 2.45) is 0 Å². The SMILES string of the molecule is Cc1ccc(NC(=O)c2ccc(=O)n(CCC(=O)Nc3ccc(C)c(C)c3)n2)cc1. The van der Waals surface area contributed by atoms with Gasteiger partial charge in [-0.05, 0) is 62.2 Å². The molecule has 0 bridgehead atoms. The molecule has 0 aliphatic heterocycles. The number of rotatable bonds is 6. The van der Waals surface area contributed by atoms with E-state index >= 15 is 0 Å². The van der Waals surface area contributed by atoms with Crippen molar-refractivity contribution in [1.82, 2.24) is 9.78 Å². The van der Waals surface area contributed by atoms with Crippen molar-refractivity contribution in [1.29, 1.82) is 0 Å². The zero-order valence-corrected chi connectivity index (χ0v) is 17.2. The molecule has 0 unspecified atom stereocenters. The van der Waals surface area contributed by atoms with Crippen molar-refractivity contribution in [2.75, 3.05) is 10.6 Å². The number of nitrogens with zero attached hydrogens (tertiary/aromatic N) is 2. The Kier molecular flexibility index (Phi) is 6.41. The van der Waals surface area contributed by atoms with E-state index in [9.17, 15) is 14.4 Å². The van der Waals surface area contributed by atoms with E-state index in [4.69, 9.17) is 0 Å². The Morgan fingerprint density at radius 1 is 0.867 bits per heavy atom. The first-order valence-corrected chi connectivity index (χ1v) is 9.65. The fourth-order valence-corrected chi connectivity index (χ4v) is 2.81. The Morgan fingerprint density at radius 2 is 1.57 bits per heavy atom. The Balaban J connectivity index is 1.63. The molecular weight excluding hydrogens is 380 g/mol. The molecule has 0 saturated carbocycles. The Morgan fingerprint density at radius 3 is 2.27 bits per heavy atom. The minimum absolute atomic E-state index is 0.0584. The maximum absolute atomic E-state index is 12.4. The molecule has 0 fully saturated rings. The molecule has 30 heavy (non-hydrogen) atoms. The molecule has 0 radical (unpaired) electrons. The molecule has 2 aromatic carbocycles. The smallest absolute Gasteiger partial charge is 0.276 e. The molecule has 7 heteroatoms. The van der Waals surface area contributed by atoms with Gasteiger partial charge in [-0.1, -0.05) is 23.8 Å². The van der Waals surface area contributed by atoms with Crippen LogP contribution < -0.4 is 16.2 Å². The number of hydrogen-bond acceptors (Lipinski definition) is 4. The van der Waals surface area contributed by atoms with Crippen LogP contribution in [0, 0.1) is 20.8 Å². The summed E-state index contributed by atoms with van der Waals surface area (Å²) in [4.78, 5) is 36.8. The van der Waals surface area contributed by atoms with Gasteiger partial charge in [-0.25, -0.2) is 4.68 Å². The predicted octanol–water partition coefficient (Wildman–Crippen LogP) is 3.45. The largest absolute Gasteiger partial charge is 0.326 e. The fraction of sp³-hybridized carbons (Fsp3) is 0.217. The number of aromatic nitrogens is 2. The van der Waals surface area contributed by atoms with Gasteiger partial charge in [0.1, 0.15) is 5.69 Å². The van der Waals surface area contributed by atoms with Crippen LogP contribution in [0.3, 0.4) is 0 Å². The van der Waals surface area contributed by atoms with Crippen LogP contribution in [0.2, 0.25) is 0 Å². The molecule has 0 atom stereocenters. The van der Waals surface area contributed by atoms with Gasteiger partial charge < -0.3 is 10.6 Å². The molecule has 0 spiro atoms. The predicted molar refractivity (Wildman–Crippen MR) is 117 cm³/mol. The molecule has 1 heterocycles. The molecule has 3 aromatic rings. The number of amides is 2. The van der Waals surface area contributed by atoms with Gasteiger partial charge >= 0.3 is 0 Å². The second-order valence-corrected chi connectivity index (χ2v) is 7.20. The van der Waals surface area contributed by atoms with E-state index in [1.807, 2.05) is 51.1 Å². The highest BCUT2D eigenvalue weighted by Crippen LogP contribution is 2.14. The quantitative estimate of drug-likeness (QED) is 0.658. The third-order valence-electron chi connectivity index (χ3n) is 4.75. The molecule has 1 aromatic heterocycles. The molecule has 7 nitrogen and oxygen atoms in total. The van der Waals surface area contributed by atoms with Gasteiger partial charge in [0.05, 0.1) is 6.54 Å². The van der Waals surface area contributed by atoms with Gasteiger partial charge in [0.15, 0.2) is 0 Å². The third kappa shape index (κ3) is 5.41. The van der Waals surface area contributed by atoms with Gasteiger partial charge in [-0.2, -0.15) is 5.10 Å². The summed E-state index contributed by atoms with van der Waals surface area (Å²) in [6.07, 6.45) is 0.0584. The van der Waals surface area contributed by atoms with E-state index in [2.05, 4.69) is 15.7 Å². The summed E-state index contributed by atoms with van der Waals surface area (Å²) in [6, 6.07) is 15.7. The van der Waals surface area contributed by atoms with Crippen LogP contribution in [-0.4, -0.2) is 21.6 Å². The Labute approximate surface area is 174 Å². The summed E-state index contributed by atoms with van der Waals surface area (Å²) in [5.41, 5.74) is 4.37. The van der Waals surface area contributed by atoms with E-state index in [1.165, 1.54) is 12.1 Å². The van der Waals surface area contributed by atoms with E-state index in [0.29, 0.717) is 11.4 Å². The summed E-state index contributed by atoms with van der Waals surface area (Å²) in [5, 5.41) is 9.66. The molecule has 0 aliphatic carbocycles. The highest BCUT2D eigenvalue weighted by atomic mass is 16.2. The van der Waals surface area contributed by atoms with Crippen molar-refractivity contribution in [3.8, 4) is 0 Å². The number of benzene rings is 2. The second-order valence-electron chi connectivity index (χ2n) is 7.20. The first-order valence-electron chi connectivity index (χ1n) is 9.65. The zero-order valence-electron chi connectivity index (χ0n) is 17.2. The van der Waals surface area contributed by atoms with Crippen LogP contribution in [0.25, 0.3) is 0 Å². The first-order chi connectivity index (χ1) is 14.3. The van der Waals surface area contributed by atoms with E-state index in [0.717, 1.165) is 21.4 Å². The summed E-state index contributed by atoms with van der Waals surface area (Å²) >= 11 is 0. The van der Waals surface area contributed by atoms with E-state index < -0.39 is 5.91 Å². The molecule has 3 rings (SSSR count). The Hall–Kier alpha value is -3.74. The molecule has 2 amide bonds. The highest BCUT2D eigenvalue weighted by molar-refractivity contribution is 6.02. The minimum Gasteiger partial charge on any atom is -0.326 e. The van der Waals surface area contributed by atoms with Gasteiger partial charge in [0, 0.05) is 23.9 Å². The van der Waals surface area contributed by atoms with Crippen LogP contribution in [0.1, 0.15) is 33.6 Å². The van der Waals surface area contributed by atoms with Crippen molar-refractivity contribution in [3.05, 3.63) is 87.3 Å². The van der Waals surface area contributed by atoms with Crippen LogP contribution in [0.4, 0.5) is 11.4 Å². The fourth-order valence-electron chi connectivity index (χ4n) is 2.81. The lowest BCUT2D eigenvalue weighted by Gasteiger charge is -2.09. The van der Waals surface area contributed by atoms with Crippen molar-refractivity contribution < 1.29 is 9.59 Å². The summed E-state index contributed by atoms with van der Waals surface area (Å²) in [6.45, 7) is 6.00. The standard InChI is InChI=1S/C23H24N4O3/c1-15-4-7-18(8-5-15)25-23(30)20-10-11-22(29)27(26-20)13-12-21(28)24-19-9-6-16(2)17(3)14-19/h4-11,14H,12-13H2,1-3H3,(H,24,28)(H,25,30). The lowest BCUT2D eigenvalue weighted by atomic mass is 10.1. The topological polar surface area (TPSA) is 93.1 Å². The zero-order chi connectivity index (χ0) is 21.7. The normalized spacial score (nSPS) is 10.5. The van der Waals surface area contributed by atoms with Gasteiger partial charge in [-0.3, -0.25) is 14.4 Å². The van der Waals surface area contributed by atoms with Crippen molar-refractivity contribution in [2.45, 2.75) is 33.7 Å². The molecule has 2 N–H and O–H groups in total. The Bertz CT molecular complexity index is 1130. The number of anilines is 2. The van der Waals surface area contributed by atoms with Crippen molar-refractivity contribution in [3.63, 3.8) is 0 Å². The molecular formula is C23H24N4O3. The van der Waals surface area contributed by atoms with Gasteiger partial charge in [0.2, 0.25) is 5.91 Å².